The van der Waals surface area contributed by atoms with Crippen LogP contribution in [-0.4, -0.2) is 24.9 Å². The van der Waals surface area contributed by atoms with E-state index in [1.54, 1.807) is 22.9 Å². The molecule has 3 aromatic rings. The van der Waals surface area contributed by atoms with Gasteiger partial charge in [-0.1, -0.05) is 12.1 Å². The second kappa shape index (κ2) is 6.08. The minimum absolute atomic E-state index is 0.0650. The third kappa shape index (κ3) is 3.31. The molecule has 0 saturated heterocycles. The number of benzene rings is 1. The molecular weight excluding hydrogens is 290 g/mol. The number of hydrogen-bond donors (Lipinski definition) is 2. The first-order valence-electron chi connectivity index (χ1n) is 7.42. The molecular formula is C17H19N5O. The first kappa shape index (κ1) is 15.0. The fourth-order valence-corrected chi connectivity index (χ4v) is 2.39. The second-order valence-corrected chi connectivity index (χ2v) is 5.55. The zero-order valence-electron chi connectivity index (χ0n) is 13.4. The van der Waals surface area contributed by atoms with Crippen LogP contribution in [0.5, 0.6) is 5.75 Å². The van der Waals surface area contributed by atoms with Crippen molar-refractivity contribution in [3.8, 4) is 17.1 Å². The highest BCUT2D eigenvalue weighted by Crippen LogP contribution is 2.27. The summed E-state index contributed by atoms with van der Waals surface area (Å²) in [4.78, 5) is 8.95. The highest BCUT2D eigenvalue weighted by Gasteiger charge is 2.12. The Labute approximate surface area is 134 Å². The number of hydrogen-bond acceptors (Lipinski definition) is 5. The van der Waals surface area contributed by atoms with Crippen molar-refractivity contribution < 1.29 is 5.11 Å². The van der Waals surface area contributed by atoms with Gasteiger partial charge in [0.2, 0.25) is 0 Å². The van der Waals surface area contributed by atoms with Crippen LogP contribution in [0.1, 0.15) is 24.2 Å². The van der Waals surface area contributed by atoms with Crippen LogP contribution >= 0.6 is 0 Å². The van der Waals surface area contributed by atoms with Gasteiger partial charge in [-0.3, -0.25) is 4.68 Å². The van der Waals surface area contributed by atoms with E-state index in [4.69, 9.17) is 0 Å². The van der Waals surface area contributed by atoms with E-state index in [1.165, 1.54) is 0 Å². The Balaban J connectivity index is 1.90. The number of aryl methyl sites for hydroxylation is 2. The molecule has 6 heteroatoms. The van der Waals surface area contributed by atoms with Gasteiger partial charge in [-0.25, -0.2) is 9.97 Å². The van der Waals surface area contributed by atoms with Gasteiger partial charge in [0.25, 0.3) is 0 Å². The zero-order valence-corrected chi connectivity index (χ0v) is 13.4. The molecule has 0 amide bonds. The van der Waals surface area contributed by atoms with Gasteiger partial charge in [-0.2, -0.15) is 5.10 Å². The summed E-state index contributed by atoms with van der Waals surface area (Å²) in [6.45, 7) is 3.96. The van der Waals surface area contributed by atoms with Crippen LogP contribution in [0.4, 0.5) is 5.82 Å². The van der Waals surface area contributed by atoms with Crippen molar-refractivity contribution in [3.63, 3.8) is 0 Å². The van der Waals surface area contributed by atoms with Gasteiger partial charge in [0.05, 0.1) is 17.8 Å². The Morgan fingerprint density at radius 2 is 2.00 bits per heavy atom. The predicted octanol–water partition coefficient (Wildman–Crippen LogP) is 3.06. The molecule has 1 atom stereocenters. The van der Waals surface area contributed by atoms with Crippen LogP contribution in [0.2, 0.25) is 0 Å². The summed E-state index contributed by atoms with van der Waals surface area (Å²) in [7, 11) is 1.89. The maximum Gasteiger partial charge on any atom is 0.165 e. The monoisotopic (exact) mass is 309 g/mol. The normalized spacial score (nSPS) is 12.1. The molecule has 1 aromatic carbocycles. The van der Waals surface area contributed by atoms with Gasteiger partial charge in [-0.05, 0) is 26.0 Å². The molecule has 0 aliphatic heterocycles. The third-order valence-corrected chi connectivity index (χ3v) is 3.59. The maximum atomic E-state index is 10.00. The van der Waals surface area contributed by atoms with Gasteiger partial charge >= 0.3 is 0 Å². The summed E-state index contributed by atoms with van der Waals surface area (Å²) in [6, 6.07) is 9.01. The van der Waals surface area contributed by atoms with Crippen molar-refractivity contribution in [3.05, 3.63) is 54.0 Å². The summed E-state index contributed by atoms with van der Waals surface area (Å²) in [5.74, 6) is 1.39. The lowest BCUT2D eigenvalue weighted by atomic mass is 10.1. The van der Waals surface area contributed by atoms with E-state index in [0.717, 1.165) is 11.3 Å². The van der Waals surface area contributed by atoms with Gasteiger partial charge in [-0.15, -0.1) is 0 Å². The molecule has 2 N–H and O–H groups in total. The molecule has 0 aliphatic carbocycles. The Hall–Kier alpha value is -2.89. The first-order chi connectivity index (χ1) is 11.0. The molecule has 0 fully saturated rings. The number of nitrogens with zero attached hydrogens (tertiary/aromatic N) is 4. The van der Waals surface area contributed by atoms with E-state index in [2.05, 4.69) is 20.4 Å². The minimum atomic E-state index is 0.0650. The average Bonchev–Trinajstić information content (AvgIpc) is 2.94. The van der Waals surface area contributed by atoms with Crippen LogP contribution in [0.25, 0.3) is 11.4 Å². The van der Waals surface area contributed by atoms with E-state index in [9.17, 15) is 5.11 Å². The molecule has 118 valence electrons. The standard InChI is InChI=1S/C17H19N5O/c1-11-8-16(20-12(2)13-9-18-22(3)10-13)21-17(19-11)14-6-4-5-7-15(14)23/h4-10,12,23H,1-3H3,(H,19,20,21)/t12-/m0/s1. The number of aromatic hydroxyl groups is 1. The highest BCUT2D eigenvalue weighted by atomic mass is 16.3. The molecule has 2 aromatic heterocycles. The molecule has 2 heterocycles. The molecule has 6 nitrogen and oxygen atoms in total. The van der Waals surface area contributed by atoms with Crippen molar-refractivity contribution in [2.75, 3.05) is 5.32 Å². The lowest BCUT2D eigenvalue weighted by Crippen LogP contribution is -2.08. The van der Waals surface area contributed by atoms with E-state index >= 15 is 0 Å². The van der Waals surface area contributed by atoms with Crippen LogP contribution in [0, 0.1) is 6.92 Å². The van der Waals surface area contributed by atoms with Crippen LogP contribution in [0.15, 0.2) is 42.7 Å². The number of phenols is 1. The topological polar surface area (TPSA) is 75.9 Å². The highest BCUT2D eigenvalue weighted by molar-refractivity contribution is 5.64. The van der Waals surface area contributed by atoms with E-state index in [-0.39, 0.29) is 11.8 Å². The van der Waals surface area contributed by atoms with Crippen molar-refractivity contribution >= 4 is 5.82 Å². The fraction of sp³-hybridized carbons (Fsp3) is 0.235. The Kier molecular flexibility index (Phi) is 3.97. The number of para-hydroxylation sites is 1. The molecule has 0 spiro atoms. The predicted molar refractivity (Wildman–Crippen MR) is 89.1 cm³/mol. The molecule has 0 unspecified atom stereocenters. The van der Waals surface area contributed by atoms with Gasteiger partial charge < -0.3 is 10.4 Å². The summed E-state index contributed by atoms with van der Waals surface area (Å²) in [5.41, 5.74) is 2.53. The number of rotatable bonds is 4. The Bertz CT molecular complexity index is 827. The lowest BCUT2D eigenvalue weighted by molar-refractivity contribution is 0.477. The van der Waals surface area contributed by atoms with E-state index < -0.39 is 0 Å². The van der Waals surface area contributed by atoms with Crippen molar-refractivity contribution in [1.82, 2.24) is 19.7 Å². The maximum absolute atomic E-state index is 10.00. The summed E-state index contributed by atoms with van der Waals surface area (Å²) < 4.78 is 1.77. The number of phenolic OH excluding ortho intramolecular Hbond substituents is 1. The lowest BCUT2D eigenvalue weighted by Gasteiger charge is -2.14. The molecule has 0 radical (unpaired) electrons. The fourth-order valence-electron chi connectivity index (χ4n) is 2.39. The summed E-state index contributed by atoms with van der Waals surface area (Å²) in [6.07, 6.45) is 3.80. The molecule has 23 heavy (non-hydrogen) atoms. The van der Waals surface area contributed by atoms with E-state index in [1.807, 2.05) is 45.4 Å². The molecule has 0 saturated carbocycles. The second-order valence-electron chi connectivity index (χ2n) is 5.55. The van der Waals surface area contributed by atoms with Gasteiger partial charge in [0.1, 0.15) is 11.6 Å². The van der Waals surface area contributed by atoms with Crippen LogP contribution in [-0.2, 0) is 7.05 Å². The minimum Gasteiger partial charge on any atom is -0.507 e. The van der Waals surface area contributed by atoms with Gasteiger partial charge in [0, 0.05) is 30.6 Å². The number of aromatic nitrogens is 4. The smallest absolute Gasteiger partial charge is 0.165 e. The van der Waals surface area contributed by atoms with Crippen molar-refractivity contribution in [1.29, 1.82) is 0 Å². The number of nitrogens with one attached hydrogen (secondary N) is 1. The largest absolute Gasteiger partial charge is 0.507 e. The third-order valence-electron chi connectivity index (χ3n) is 3.59. The van der Waals surface area contributed by atoms with Gasteiger partial charge in [0.15, 0.2) is 5.82 Å². The Morgan fingerprint density at radius 3 is 2.70 bits per heavy atom. The quantitative estimate of drug-likeness (QED) is 0.774. The van der Waals surface area contributed by atoms with Crippen molar-refractivity contribution in [2.24, 2.45) is 7.05 Å². The average molecular weight is 309 g/mol. The molecule has 0 bridgehead atoms. The van der Waals surface area contributed by atoms with E-state index in [0.29, 0.717) is 17.2 Å². The van der Waals surface area contributed by atoms with Crippen LogP contribution < -0.4 is 5.32 Å². The SMILES string of the molecule is Cc1cc(N[C@@H](C)c2cnn(C)c2)nc(-c2ccccc2O)n1. The van der Waals surface area contributed by atoms with Crippen molar-refractivity contribution in [2.45, 2.75) is 19.9 Å². The molecule has 3 rings (SSSR count). The zero-order chi connectivity index (χ0) is 16.4. The van der Waals surface area contributed by atoms with Crippen LogP contribution in [0.3, 0.4) is 0 Å². The molecule has 0 aliphatic rings. The summed E-state index contributed by atoms with van der Waals surface area (Å²) >= 11 is 0. The first-order valence-corrected chi connectivity index (χ1v) is 7.42. The number of anilines is 1. The Morgan fingerprint density at radius 1 is 1.22 bits per heavy atom. The summed E-state index contributed by atoms with van der Waals surface area (Å²) in [5, 5.41) is 17.5.